The molecule has 1 amide bonds. The lowest BCUT2D eigenvalue weighted by Crippen LogP contribution is -2.27. The number of rotatable bonds is 8. The third kappa shape index (κ3) is 5.78. The highest BCUT2D eigenvalue weighted by Crippen LogP contribution is 2.26. The summed E-state index contributed by atoms with van der Waals surface area (Å²) >= 11 is 0. The number of aromatic nitrogens is 1. The number of aryl methyl sites for hydroxylation is 1. The van der Waals surface area contributed by atoms with Crippen LogP contribution >= 0.6 is 0 Å². The van der Waals surface area contributed by atoms with Gasteiger partial charge in [-0.2, -0.15) is 0 Å². The standard InChI is InChI=1S/C24H29FN4O3S/c1-6-29(7-2)23-11-9-17-13-18(8-10-21(17)27-23)24(30)26-16(4)19-12-15(3)22(14-20(19)25)28-33(5,31)32/h8-14,16,28H,6-7H2,1-5H3,(H,26,30)/t16-/m0/s1. The van der Waals surface area contributed by atoms with E-state index in [9.17, 15) is 17.6 Å². The van der Waals surface area contributed by atoms with Crippen molar-refractivity contribution in [2.45, 2.75) is 33.7 Å². The van der Waals surface area contributed by atoms with E-state index in [0.29, 0.717) is 11.1 Å². The zero-order valence-corrected chi connectivity index (χ0v) is 20.3. The van der Waals surface area contributed by atoms with Crippen LogP contribution in [0.2, 0.25) is 0 Å². The topological polar surface area (TPSA) is 91.4 Å². The first-order valence-electron chi connectivity index (χ1n) is 10.8. The Kier molecular flexibility index (Phi) is 7.22. The molecule has 2 aromatic carbocycles. The Labute approximate surface area is 194 Å². The monoisotopic (exact) mass is 472 g/mol. The third-order valence-corrected chi connectivity index (χ3v) is 6.07. The molecule has 0 bridgehead atoms. The lowest BCUT2D eigenvalue weighted by atomic mass is 10.0. The maximum absolute atomic E-state index is 14.7. The Morgan fingerprint density at radius 1 is 1.12 bits per heavy atom. The molecule has 0 spiro atoms. The summed E-state index contributed by atoms with van der Waals surface area (Å²) in [4.78, 5) is 19.7. The van der Waals surface area contributed by atoms with E-state index in [1.807, 2.05) is 12.1 Å². The average Bonchev–Trinajstić information content (AvgIpc) is 2.75. The van der Waals surface area contributed by atoms with Gasteiger partial charge in [-0.15, -0.1) is 0 Å². The number of nitrogens with zero attached hydrogens (tertiary/aromatic N) is 2. The Morgan fingerprint density at radius 3 is 2.45 bits per heavy atom. The van der Waals surface area contributed by atoms with E-state index in [0.717, 1.165) is 42.1 Å². The molecule has 0 aliphatic carbocycles. The van der Waals surface area contributed by atoms with Gasteiger partial charge in [0.2, 0.25) is 10.0 Å². The van der Waals surface area contributed by atoms with Crippen LogP contribution in [0.1, 0.15) is 48.3 Å². The van der Waals surface area contributed by atoms with Crippen molar-refractivity contribution in [1.29, 1.82) is 0 Å². The van der Waals surface area contributed by atoms with Gasteiger partial charge in [0, 0.05) is 29.6 Å². The fourth-order valence-corrected chi connectivity index (χ4v) is 4.30. The molecule has 9 heteroatoms. The largest absolute Gasteiger partial charge is 0.357 e. The number of nitrogens with one attached hydrogen (secondary N) is 2. The first kappa shape index (κ1) is 24.4. The van der Waals surface area contributed by atoms with Crippen molar-refractivity contribution < 1.29 is 17.6 Å². The molecule has 1 atom stereocenters. The number of benzene rings is 2. The van der Waals surface area contributed by atoms with Gasteiger partial charge in [-0.25, -0.2) is 17.8 Å². The summed E-state index contributed by atoms with van der Waals surface area (Å²) in [5, 5.41) is 3.65. The molecular formula is C24H29FN4O3S. The number of pyridine rings is 1. The molecule has 1 aromatic heterocycles. The lowest BCUT2D eigenvalue weighted by Gasteiger charge is -2.20. The third-order valence-electron chi connectivity index (χ3n) is 5.48. The molecule has 0 saturated carbocycles. The fourth-order valence-electron chi connectivity index (χ4n) is 3.68. The van der Waals surface area contributed by atoms with Gasteiger partial charge in [-0.1, -0.05) is 0 Å². The van der Waals surface area contributed by atoms with Crippen LogP contribution in [0.15, 0.2) is 42.5 Å². The molecule has 3 rings (SSSR count). The molecule has 0 saturated heterocycles. The van der Waals surface area contributed by atoms with Gasteiger partial charge < -0.3 is 10.2 Å². The summed E-state index contributed by atoms with van der Waals surface area (Å²) in [5.41, 5.74) is 2.23. The normalized spacial score (nSPS) is 12.4. The molecule has 33 heavy (non-hydrogen) atoms. The zero-order valence-electron chi connectivity index (χ0n) is 19.4. The van der Waals surface area contributed by atoms with Crippen LogP contribution in [0.3, 0.4) is 0 Å². The van der Waals surface area contributed by atoms with Crippen molar-refractivity contribution in [2.24, 2.45) is 0 Å². The predicted molar refractivity (Wildman–Crippen MR) is 131 cm³/mol. The van der Waals surface area contributed by atoms with Crippen LogP contribution in [0.5, 0.6) is 0 Å². The minimum Gasteiger partial charge on any atom is -0.357 e. The number of hydrogen-bond donors (Lipinski definition) is 2. The molecule has 0 aliphatic heterocycles. The Bertz CT molecular complexity index is 1290. The van der Waals surface area contributed by atoms with Crippen LogP contribution in [0, 0.1) is 12.7 Å². The first-order valence-corrected chi connectivity index (χ1v) is 12.7. The van der Waals surface area contributed by atoms with Crippen molar-refractivity contribution in [3.63, 3.8) is 0 Å². The van der Waals surface area contributed by atoms with Gasteiger partial charge in [-0.05, 0) is 75.7 Å². The van der Waals surface area contributed by atoms with Crippen LogP contribution in [0.25, 0.3) is 10.9 Å². The Morgan fingerprint density at radius 2 is 1.82 bits per heavy atom. The SMILES string of the molecule is CCN(CC)c1ccc2cc(C(=O)N[C@@H](C)c3cc(C)c(NS(C)(=O)=O)cc3F)ccc2n1. The van der Waals surface area contributed by atoms with E-state index in [4.69, 9.17) is 0 Å². The van der Waals surface area contributed by atoms with Gasteiger partial charge in [0.15, 0.2) is 0 Å². The van der Waals surface area contributed by atoms with Crippen LogP contribution in [0.4, 0.5) is 15.9 Å². The quantitative estimate of drug-likeness (QED) is 0.507. The summed E-state index contributed by atoms with van der Waals surface area (Å²) < 4.78 is 39.9. The van der Waals surface area contributed by atoms with Crippen molar-refractivity contribution in [2.75, 3.05) is 29.0 Å². The van der Waals surface area contributed by atoms with E-state index in [2.05, 4.69) is 33.8 Å². The van der Waals surface area contributed by atoms with Gasteiger partial charge >= 0.3 is 0 Å². The van der Waals surface area contributed by atoms with Crippen LogP contribution in [-0.4, -0.2) is 38.7 Å². The van der Waals surface area contributed by atoms with Crippen LogP contribution < -0.4 is 14.9 Å². The number of carbonyl (C=O) groups excluding carboxylic acids is 1. The van der Waals surface area contributed by atoms with E-state index >= 15 is 0 Å². The number of amides is 1. The second kappa shape index (κ2) is 9.74. The number of halogens is 1. The summed E-state index contributed by atoms with van der Waals surface area (Å²) in [5.74, 6) is -0.0585. The Balaban J connectivity index is 1.80. The van der Waals surface area contributed by atoms with E-state index < -0.39 is 21.9 Å². The summed E-state index contributed by atoms with van der Waals surface area (Å²) in [6.07, 6.45) is 1.00. The molecule has 0 unspecified atom stereocenters. The Hall–Kier alpha value is -3.20. The molecule has 0 fully saturated rings. The highest BCUT2D eigenvalue weighted by Gasteiger charge is 2.18. The van der Waals surface area contributed by atoms with Crippen molar-refractivity contribution in [3.8, 4) is 0 Å². The lowest BCUT2D eigenvalue weighted by molar-refractivity contribution is 0.0939. The number of sulfonamides is 1. The summed E-state index contributed by atoms with van der Waals surface area (Å²) in [6.45, 7) is 9.21. The smallest absolute Gasteiger partial charge is 0.251 e. The molecule has 1 heterocycles. The van der Waals surface area contributed by atoms with Gasteiger partial charge in [0.25, 0.3) is 5.91 Å². The highest BCUT2D eigenvalue weighted by molar-refractivity contribution is 7.92. The van der Waals surface area contributed by atoms with E-state index in [-0.39, 0.29) is 17.2 Å². The highest BCUT2D eigenvalue weighted by atomic mass is 32.2. The van der Waals surface area contributed by atoms with Crippen molar-refractivity contribution in [1.82, 2.24) is 10.3 Å². The van der Waals surface area contributed by atoms with E-state index in [1.54, 1.807) is 32.0 Å². The second-order valence-corrected chi connectivity index (χ2v) is 9.76. The summed E-state index contributed by atoms with van der Waals surface area (Å²) in [7, 11) is -3.53. The number of carbonyl (C=O) groups is 1. The van der Waals surface area contributed by atoms with Crippen LogP contribution in [-0.2, 0) is 10.0 Å². The molecule has 2 N–H and O–H groups in total. The van der Waals surface area contributed by atoms with Crippen molar-refractivity contribution >= 4 is 38.3 Å². The average molecular weight is 473 g/mol. The van der Waals surface area contributed by atoms with Gasteiger partial charge in [0.05, 0.1) is 23.5 Å². The maximum Gasteiger partial charge on any atom is 0.251 e. The minimum atomic E-state index is -3.53. The predicted octanol–water partition coefficient (Wildman–Crippen LogP) is 4.39. The zero-order chi connectivity index (χ0) is 24.3. The number of fused-ring (bicyclic) bond motifs is 1. The first-order chi connectivity index (χ1) is 15.5. The minimum absolute atomic E-state index is 0.170. The van der Waals surface area contributed by atoms with Gasteiger partial charge in [-0.3, -0.25) is 9.52 Å². The number of hydrogen-bond acceptors (Lipinski definition) is 5. The fraction of sp³-hybridized carbons (Fsp3) is 0.333. The number of anilines is 2. The molecular weight excluding hydrogens is 443 g/mol. The molecule has 0 radical (unpaired) electrons. The van der Waals surface area contributed by atoms with Gasteiger partial charge in [0.1, 0.15) is 11.6 Å². The second-order valence-electron chi connectivity index (χ2n) is 8.01. The summed E-state index contributed by atoms with van der Waals surface area (Å²) in [6, 6.07) is 11.2. The molecule has 3 aromatic rings. The molecule has 176 valence electrons. The maximum atomic E-state index is 14.7. The molecule has 7 nitrogen and oxygen atoms in total. The molecule has 0 aliphatic rings. The van der Waals surface area contributed by atoms with E-state index in [1.165, 1.54) is 6.07 Å². The van der Waals surface area contributed by atoms with Crippen molar-refractivity contribution in [3.05, 3.63) is 65.0 Å².